The molecule has 1 rings (SSSR count). The van der Waals surface area contributed by atoms with Crippen molar-refractivity contribution in [2.45, 2.75) is 107 Å². The van der Waals surface area contributed by atoms with Crippen molar-refractivity contribution in [3.05, 3.63) is 0 Å². The van der Waals surface area contributed by atoms with Gasteiger partial charge in [-0.3, -0.25) is 0 Å². The van der Waals surface area contributed by atoms with Gasteiger partial charge in [0.2, 0.25) is 0 Å². The first-order valence-electron chi connectivity index (χ1n) is 11.7. The molecule has 10 heteroatoms. The molecule has 0 aliphatic carbocycles. The Labute approximate surface area is 192 Å². The molecule has 186 valence electrons. The zero-order chi connectivity index (χ0) is 23.9. The van der Waals surface area contributed by atoms with E-state index in [1.165, 1.54) is 23.8 Å². The van der Waals surface area contributed by atoms with E-state index < -0.39 is 61.5 Å². The molecule has 0 saturated carbocycles. The molecule has 31 heavy (non-hydrogen) atoms. The first-order valence-corrected chi connectivity index (χ1v) is 22.2. The number of aliphatic hydroxyl groups is 4. The van der Waals surface area contributed by atoms with E-state index in [1.54, 1.807) is 0 Å². The third kappa shape index (κ3) is 11.4. The van der Waals surface area contributed by atoms with Gasteiger partial charge in [-0.15, -0.1) is 0 Å². The van der Waals surface area contributed by atoms with Crippen molar-refractivity contribution >= 4 is 24.2 Å². The van der Waals surface area contributed by atoms with Crippen molar-refractivity contribution in [1.29, 1.82) is 0 Å². The maximum absolute atomic E-state index is 9.96. The largest absolute Gasteiger partial charge is 0.394 e. The molecule has 0 spiro atoms. The average Bonchev–Trinajstić information content (AvgIpc) is 2.60. The highest BCUT2D eigenvalue weighted by Gasteiger charge is 2.44. The van der Waals surface area contributed by atoms with Crippen LogP contribution in [0.1, 0.15) is 12.8 Å². The standard InChI is InChI=1S/C21H48O7Si3/c1-29(2,3)15-31(7,16-30(4,5)6)13-9-8-10-26-11-12-27-21-20(25)19(24)18(23)17(14-22)28-21/h17-25H,8-16H2,1-7H3/t17-,18-,19+,20-,21?/m1/s1. The summed E-state index contributed by atoms with van der Waals surface area (Å²) in [5.74, 6) is 0. The Hall–Kier alpha value is 0.371. The highest BCUT2D eigenvalue weighted by atomic mass is 28.4. The minimum Gasteiger partial charge on any atom is -0.394 e. The fraction of sp³-hybridized carbons (Fsp3) is 1.00. The second kappa shape index (κ2) is 12.7. The Bertz CT molecular complexity index is 492. The molecule has 0 radical (unpaired) electrons. The number of rotatable bonds is 14. The highest BCUT2D eigenvalue weighted by Crippen LogP contribution is 2.32. The maximum Gasteiger partial charge on any atom is 0.186 e. The smallest absolute Gasteiger partial charge is 0.186 e. The summed E-state index contributed by atoms with van der Waals surface area (Å²) in [5.41, 5.74) is 3.02. The SMILES string of the molecule is C[Si](C)(C)C[Si](C)(CCCCOCCOC1O[C@H](CO)[C@@H](O)[C@H](O)[C@H]1O)C[Si](C)(C)C. The van der Waals surface area contributed by atoms with Crippen molar-refractivity contribution in [3.8, 4) is 0 Å². The number of ether oxygens (including phenoxy) is 3. The summed E-state index contributed by atoms with van der Waals surface area (Å²) in [5, 5.41) is 38.7. The van der Waals surface area contributed by atoms with E-state index in [0.717, 1.165) is 6.42 Å². The van der Waals surface area contributed by atoms with Crippen LogP contribution in [0, 0.1) is 0 Å². The van der Waals surface area contributed by atoms with E-state index in [9.17, 15) is 20.4 Å². The number of hydrogen-bond acceptors (Lipinski definition) is 7. The summed E-state index contributed by atoms with van der Waals surface area (Å²) in [6.45, 7) is 18.4. The van der Waals surface area contributed by atoms with E-state index >= 15 is 0 Å². The number of aliphatic hydroxyl groups excluding tert-OH is 4. The molecule has 0 aromatic rings. The minimum atomic E-state index is -1.41. The van der Waals surface area contributed by atoms with Crippen LogP contribution in [0.5, 0.6) is 0 Å². The van der Waals surface area contributed by atoms with Crippen LogP contribution >= 0.6 is 0 Å². The van der Waals surface area contributed by atoms with Crippen LogP contribution in [0.2, 0.25) is 63.2 Å². The first-order chi connectivity index (χ1) is 14.2. The highest BCUT2D eigenvalue weighted by molar-refractivity contribution is 7.02. The van der Waals surface area contributed by atoms with Gasteiger partial charge in [0.15, 0.2) is 6.29 Å². The van der Waals surface area contributed by atoms with Gasteiger partial charge < -0.3 is 34.6 Å². The average molecular weight is 497 g/mol. The molecule has 1 aliphatic rings. The summed E-state index contributed by atoms with van der Waals surface area (Å²) >= 11 is 0. The molecular weight excluding hydrogens is 448 g/mol. The van der Waals surface area contributed by atoms with Crippen LogP contribution < -0.4 is 0 Å². The summed E-state index contributed by atoms with van der Waals surface area (Å²) in [7, 11) is -3.34. The van der Waals surface area contributed by atoms with Gasteiger partial charge in [0, 0.05) is 30.8 Å². The molecule has 1 unspecified atom stereocenters. The van der Waals surface area contributed by atoms with Crippen molar-refractivity contribution in [3.63, 3.8) is 0 Å². The molecular formula is C21H48O7Si3. The van der Waals surface area contributed by atoms with Crippen LogP contribution in [0.3, 0.4) is 0 Å². The van der Waals surface area contributed by atoms with E-state index in [4.69, 9.17) is 14.2 Å². The van der Waals surface area contributed by atoms with Crippen LogP contribution in [0.15, 0.2) is 0 Å². The van der Waals surface area contributed by atoms with Crippen LogP contribution in [-0.4, -0.2) is 102 Å². The Kier molecular flexibility index (Phi) is 12.1. The zero-order valence-electron chi connectivity index (χ0n) is 20.8. The van der Waals surface area contributed by atoms with Gasteiger partial charge in [-0.2, -0.15) is 0 Å². The van der Waals surface area contributed by atoms with Gasteiger partial charge in [-0.05, 0) is 6.42 Å². The molecule has 0 amide bonds. The van der Waals surface area contributed by atoms with Gasteiger partial charge in [-0.25, -0.2) is 0 Å². The van der Waals surface area contributed by atoms with E-state index in [-0.39, 0.29) is 6.61 Å². The van der Waals surface area contributed by atoms with E-state index in [0.29, 0.717) is 13.2 Å². The molecule has 1 aliphatic heterocycles. The van der Waals surface area contributed by atoms with E-state index in [1.807, 2.05) is 0 Å². The molecule has 1 heterocycles. The van der Waals surface area contributed by atoms with E-state index in [2.05, 4.69) is 45.8 Å². The monoisotopic (exact) mass is 496 g/mol. The molecule has 7 nitrogen and oxygen atoms in total. The number of unbranched alkanes of at least 4 members (excludes halogenated alkanes) is 1. The lowest BCUT2D eigenvalue weighted by Gasteiger charge is -2.39. The predicted molar refractivity (Wildman–Crippen MR) is 133 cm³/mol. The van der Waals surface area contributed by atoms with Crippen molar-refractivity contribution < 1.29 is 34.6 Å². The quantitative estimate of drug-likeness (QED) is 0.216. The molecule has 0 aromatic heterocycles. The molecule has 0 aromatic carbocycles. The molecule has 1 saturated heterocycles. The normalized spacial score (nSPS) is 28.2. The summed E-state index contributed by atoms with van der Waals surface area (Å²) < 4.78 is 16.5. The fourth-order valence-electron chi connectivity index (χ4n) is 5.09. The molecule has 0 bridgehead atoms. The second-order valence-electron chi connectivity index (χ2n) is 11.9. The van der Waals surface area contributed by atoms with Crippen molar-refractivity contribution in [1.82, 2.24) is 0 Å². The Morgan fingerprint density at radius 2 is 1.32 bits per heavy atom. The number of hydrogen-bond donors (Lipinski definition) is 4. The van der Waals surface area contributed by atoms with Crippen LogP contribution in [0.25, 0.3) is 0 Å². The predicted octanol–water partition coefficient (Wildman–Crippen LogP) is 2.43. The lowest BCUT2D eigenvalue weighted by Crippen LogP contribution is -2.59. The lowest BCUT2D eigenvalue weighted by atomic mass is 9.99. The second-order valence-corrected chi connectivity index (χ2v) is 29.1. The van der Waals surface area contributed by atoms with Gasteiger partial charge >= 0.3 is 0 Å². The third-order valence-electron chi connectivity index (χ3n) is 5.59. The molecule has 1 fully saturated rings. The van der Waals surface area contributed by atoms with Gasteiger partial charge in [0.05, 0.1) is 19.8 Å². The Morgan fingerprint density at radius 3 is 1.84 bits per heavy atom. The van der Waals surface area contributed by atoms with Crippen LogP contribution in [0.4, 0.5) is 0 Å². The van der Waals surface area contributed by atoms with Crippen molar-refractivity contribution in [2.75, 3.05) is 26.4 Å². The van der Waals surface area contributed by atoms with Gasteiger partial charge in [0.1, 0.15) is 24.4 Å². The summed E-state index contributed by atoms with van der Waals surface area (Å²) in [6, 6.07) is 1.38. The molecule has 4 N–H and O–H groups in total. The minimum absolute atomic E-state index is 0.209. The Balaban J connectivity index is 2.29. The molecule has 5 atom stereocenters. The van der Waals surface area contributed by atoms with Crippen LogP contribution in [-0.2, 0) is 14.2 Å². The fourth-order valence-corrected chi connectivity index (χ4v) is 29.7. The summed E-state index contributed by atoms with van der Waals surface area (Å²) in [6.07, 6.45) is -3.93. The van der Waals surface area contributed by atoms with Gasteiger partial charge in [0.25, 0.3) is 0 Å². The van der Waals surface area contributed by atoms with Crippen molar-refractivity contribution in [2.24, 2.45) is 0 Å². The summed E-state index contributed by atoms with van der Waals surface area (Å²) in [4.78, 5) is 0. The third-order valence-corrected chi connectivity index (χ3v) is 22.5. The first kappa shape index (κ1) is 29.4. The Morgan fingerprint density at radius 1 is 0.742 bits per heavy atom. The lowest BCUT2D eigenvalue weighted by molar-refractivity contribution is -0.302. The maximum atomic E-state index is 9.96. The zero-order valence-corrected chi connectivity index (χ0v) is 23.8. The van der Waals surface area contributed by atoms with Gasteiger partial charge in [-0.1, -0.05) is 69.6 Å². The topological polar surface area (TPSA) is 109 Å².